The number of aryl methyl sites for hydroxylation is 1. The molecule has 17 heavy (non-hydrogen) atoms. The highest BCUT2D eigenvalue weighted by atomic mass is 79.9. The summed E-state index contributed by atoms with van der Waals surface area (Å²) < 4.78 is 14.1. The van der Waals surface area contributed by atoms with Gasteiger partial charge in [0.25, 0.3) is 0 Å². The minimum absolute atomic E-state index is 0.344. The summed E-state index contributed by atoms with van der Waals surface area (Å²) in [5.74, 6) is 0.407. The third-order valence-corrected chi connectivity index (χ3v) is 5.05. The lowest BCUT2D eigenvalue weighted by atomic mass is 9.88. The van der Waals surface area contributed by atoms with Crippen molar-refractivity contribution >= 4 is 26.9 Å². The van der Waals surface area contributed by atoms with Crippen LogP contribution in [0.5, 0.6) is 0 Å². The van der Waals surface area contributed by atoms with Crippen LogP contribution in [0, 0.1) is 0 Å². The first kappa shape index (κ1) is 13.2. The van der Waals surface area contributed by atoms with Crippen LogP contribution < -0.4 is 5.14 Å². The number of halogens is 1. The summed E-state index contributed by atoms with van der Waals surface area (Å²) in [5.41, 5.74) is 1.24. The van der Waals surface area contributed by atoms with Gasteiger partial charge < -0.3 is 0 Å². The van der Waals surface area contributed by atoms with Gasteiger partial charge in [0.1, 0.15) is 4.60 Å². The van der Waals surface area contributed by atoms with Gasteiger partial charge in [0.2, 0.25) is 0 Å². The molecule has 0 spiro atoms. The molecule has 1 unspecified atom stereocenters. The van der Waals surface area contributed by atoms with Gasteiger partial charge in [-0.2, -0.15) is 5.10 Å². The molecular weight excluding hydrogens is 302 g/mol. The molecule has 1 aliphatic rings. The van der Waals surface area contributed by atoms with Crippen LogP contribution in [-0.4, -0.2) is 18.7 Å². The van der Waals surface area contributed by atoms with E-state index in [4.69, 9.17) is 5.14 Å². The quantitative estimate of drug-likeness (QED) is 0.929. The first-order valence-electron chi connectivity index (χ1n) is 5.79. The maximum absolute atomic E-state index is 11.5. The van der Waals surface area contributed by atoms with Crippen molar-refractivity contribution in [1.29, 1.82) is 0 Å². The van der Waals surface area contributed by atoms with Crippen LogP contribution in [0.2, 0.25) is 0 Å². The molecule has 2 N–H and O–H groups in total. The van der Waals surface area contributed by atoms with Crippen LogP contribution in [0.25, 0.3) is 0 Å². The van der Waals surface area contributed by atoms with E-state index in [9.17, 15) is 4.21 Å². The maximum Gasteiger partial charge on any atom is 0.128 e. The molecule has 0 bridgehead atoms. The summed E-state index contributed by atoms with van der Waals surface area (Å²) >= 11 is 3.41. The van der Waals surface area contributed by atoms with Crippen LogP contribution in [0.3, 0.4) is 0 Å². The highest BCUT2D eigenvalue weighted by molar-refractivity contribution is 9.10. The monoisotopic (exact) mass is 319 g/mol. The number of hydrogen-bond donors (Lipinski definition) is 1. The molecule has 0 aliphatic carbocycles. The minimum atomic E-state index is -1.29. The van der Waals surface area contributed by atoms with Crippen molar-refractivity contribution in [3.63, 3.8) is 0 Å². The van der Waals surface area contributed by atoms with Gasteiger partial charge >= 0.3 is 0 Å². The van der Waals surface area contributed by atoms with Crippen molar-refractivity contribution in [2.75, 3.05) is 0 Å². The van der Waals surface area contributed by atoms with Crippen LogP contribution >= 0.6 is 15.9 Å². The molecule has 0 saturated carbocycles. The highest BCUT2D eigenvalue weighted by Gasteiger charge is 2.31. The van der Waals surface area contributed by atoms with Gasteiger partial charge in [-0.05, 0) is 55.1 Å². The molecule has 96 valence electrons. The predicted molar refractivity (Wildman–Crippen MR) is 72.9 cm³/mol. The Morgan fingerprint density at radius 1 is 1.71 bits per heavy atom. The molecule has 2 rings (SSSR count). The second-order valence-electron chi connectivity index (χ2n) is 5.22. The van der Waals surface area contributed by atoms with Gasteiger partial charge in [-0.1, -0.05) is 0 Å². The number of fused-ring (bicyclic) bond motifs is 1. The zero-order chi connectivity index (χ0) is 12.6. The molecule has 0 saturated heterocycles. The highest BCUT2D eigenvalue weighted by Crippen LogP contribution is 2.36. The first-order valence-corrected chi connectivity index (χ1v) is 7.80. The molecule has 0 radical (unpaired) electrons. The fourth-order valence-corrected chi connectivity index (χ4v) is 3.22. The summed E-state index contributed by atoms with van der Waals surface area (Å²) in [5, 5.41) is 9.96. The number of rotatable bonds is 3. The maximum atomic E-state index is 11.5. The average Bonchev–Trinajstić information content (AvgIpc) is 2.59. The van der Waals surface area contributed by atoms with Crippen molar-refractivity contribution in [1.82, 2.24) is 9.78 Å². The van der Waals surface area contributed by atoms with Crippen LogP contribution in [0.4, 0.5) is 0 Å². The Morgan fingerprint density at radius 2 is 2.41 bits per heavy atom. The summed E-state index contributed by atoms with van der Waals surface area (Å²) in [6.45, 7) is 4.91. The number of nitrogens with zero attached hydrogens (tertiary/aromatic N) is 2. The molecule has 1 aliphatic heterocycles. The normalized spacial score (nSPS) is 22.2. The van der Waals surface area contributed by atoms with Gasteiger partial charge in [-0.3, -0.25) is 9.82 Å². The number of aromatic nitrogens is 2. The molecule has 1 aromatic heterocycles. The SMILES string of the molecule is CC(C)(C[C@@H]1CCCn2nc(Br)cc21)S(N)=O. The predicted octanol–water partition coefficient (Wildman–Crippen LogP) is 2.31. The van der Waals surface area contributed by atoms with E-state index in [-0.39, 0.29) is 4.75 Å². The standard InChI is InChI=1S/C11H18BrN3OS/c1-11(2,17(13)16)7-8-4-3-5-15-9(8)6-10(12)14-15/h6,8H,3-5,7,13H2,1-2H3/t8-,17?/m0/s1. The van der Waals surface area contributed by atoms with E-state index in [1.54, 1.807) is 0 Å². The molecule has 1 aromatic rings. The Morgan fingerprint density at radius 3 is 3.06 bits per heavy atom. The lowest BCUT2D eigenvalue weighted by Crippen LogP contribution is -2.34. The van der Waals surface area contributed by atoms with Crippen LogP contribution in [0.1, 0.15) is 44.7 Å². The van der Waals surface area contributed by atoms with Gasteiger partial charge in [0.15, 0.2) is 0 Å². The van der Waals surface area contributed by atoms with Crippen molar-refractivity contribution in [2.24, 2.45) is 5.14 Å². The second kappa shape index (κ2) is 4.82. The van der Waals surface area contributed by atoms with Crippen LogP contribution in [0.15, 0.2) is 10.7 Å². The van der Waals surface area contributed by atoms with E-state index in [1.165, 1.54) is 5.69 Å². The Hall–Kier alpha value is -0.200. The van der Waals surface area contributed by atoms with E-state index in [0.717, 1.165) is 30.4 Å². The van der Waals surface area contributed by atoms with E-state index >= 15 is 0 Å². The van der Waals surface area contributed by atoms with Crippen molar-refractivity contribution in [3.8, 4) is 0 Å². The molecule has 2 heterocycles. The fourth-order valence-electron chi connectivity index (χ4n) is 2.42. The average molecular weight is 320 g/mol. The zero-order valence-corrected chi connectivity index (χ0v) is 12.6. The van der Waals surface area contributed by atoms with Crippen molar-refractivity contribution in [2.45, 2.75) is 50.3 Å². The second-order valence-corrected chi connectivity index (χ2v) is 7.73. The number of nitrogens with two attached hydrogens (primary N) is 1. The Labute approximate surface area is 113 Å². The van der Waals surface area contributed by atoms with E-state index in [2.05, 4.69) is 27.1 Å². The molecule has 6 heteroatoms. The largest absolute Gasteiger partial charge is 0.268 e. The van der Waals surface area contributed by atoms with Crippen molar-refractivity contribution in [3.05, 3.63) is 16.4 Å². The molecule has 0 fully saturated rings. The summed E-state index contributed by atoms with van der Waals surface area (Å²) in [7, 11) is -1.29. The molecule has 0 aromatic carbocycles. The minimum Gasteiger partial charge on any atom is -0.268 e. The summed E-state index contributed by atoms with van der Waals surface area (Å²) in [6.07, 6.45) is 3.09. The number of hydrogen-bond acceptors (Lipinski definition) is 2. The lowest BCUT2D eigenvalue weighted by Gasteiger charge is -2.30. The van der Waals surface area contributed by atoms with E-state index in [0.29, 0.717) is 5.92 Å². The Balaban J connectivity index is 2.21. The third-order valence-electron chi connectivity index (χ3n) is 3.40. The van der Waals surface area contributed by atoms with E-state index in [1.807, 2.05) is 18.5 Å². The molecule has 0 amide bonds. The fraction of sp³-hybridized carbons (Fsp3) is 0.727. The Bertz CT molecular complexity index is 444. The van der Waals surface area contributed by atoms with Gasteiger partial charge in [-0.15, -0.1) is 0 Å². The lowest BCUT2D eigenvalue weighted by molar-refractivity contribution is 0.385. The van der Waals surface area contributed by atoms with Gasteiger partial charge in [0.05, 0.1) is 15.7 Å². The smallest absolute Gasteiger partial charge is 0.128 e. The van der Waals surface area contributed by atoms with Gasteiger partial charge in [0, 0.05) is 18.2 Å². The third kappa shape index (κ3) is 2.80. The molecular formula is C11H18BrN3OS. The van der Waals surface area contributed by atoms with Crippen molar-refractivity contribution < 1.29 is 4.21 Å². The van der Waals surface area contributed by atoms with Crippen LogP contribution in [-0.2, 0) is 17.5 Å². The van der Waals surface area contributed by atoms with Gasteiger partial charge in [-0.25, -0.2) is 4.21 Å². The summed E-state index contributed by atoms with van der Waals surface area (Å²) in [6, 6.07) is 2.07. The zero-order valence-electron chi connectivity index (χ0n) is 10.1. The van der Waals surface area contributed by atoms with E-state index < -0.39 is 11.0 Å². The molecule has 4 nitrogen and oxygen atoms in total. The first-order chi connectivity index (χ1) is 7.90. The molecule has 2 atom stereocenters. The summed E-state index contributed by atoms with van der Waals surface area (Å²) in [4.78, 5) is 0. The Kier molecular flexibility index (Phi) is 3.75. The topological polar surface area (TPSA) is 60.9 Å².